The average Bonchev–Trinajstić information content (AvgIpc) is 2.66. The maximum Gasteiger partial charge on any atom is 0.269 e. The van der Waals surface area contributed by atoms with Crippen LogP contribution in [0.5, 0.6) is 0 Å². The number of nitrogens with one attached hydrogen (secondary N) is 2. The highest BCUT2D eigenvalue weighted by molar-refractivity contribution is 6.01. The van der Waals surface area contributed by atoms with Crippen LogP contribution in [0.15, 0.2) is 54.6 Å². The summed E-state index contributed by atoms with van der Waals surface area (Å²) in [4.78, 5) is 35.0. The predicted molar refractivity (Wildman–Crippen MR) is 97.7 cm³/mol. The van der Waals surface area contributed by atoms with Gasteiger partial charge in [0.2, 0.25) is 5.91 Å². The summed E-state index contributed by atoms with van der Waals surface area (Å²) in [6.07, 6.45) is 0.946. The molecule has 26 heavy (non-hydrogen) atoms. The second-order valence-corrected chi connectivity index (χ2v) is 5.62. The molecule has 2 aromatic rings. The topological polar surface area (TPSA) is 127 Å². The van der Waals surface area contributed by atoms with E-state index in [1.165, 1.54) is 24.3 Å². The molecule has 0 aliphatic rings. The van der Waals surface area contributed by atoms with E-state index >= 15 is 0 Å². The second-order valence-electron chi connectivity index (χ2n) is 5.62. The van der Waals surface area contributed by atoms with E-state index in [4.69, 9.17) is 5.73 Å². The zero-order valence-electron chi connectivity index (χ0n) is 14.1. The number of non-ortho nitro benzene ring substituents is 1. The van der Waals surface area contributed by atoms with Crippen molar-refractivity contribution in [3.05, 3.63) is 70.3 Å². The SMILES string of the molecule is NCCCC(NC(=O)c1ccccc1)C(=O)Nc1ccc([N+](=O)[O-])cc1. The van der Waals surface area contributed by atoms with E-state index in [-0.39, 0.29) is 11.6 Å². The van der Waals surface area contributed by atoms with Gasteiger partial charge in [-0.2, -0.15) is 0 Å². The van der Waals surface area contributed by atoms with Crippen LogP contribution in [0.1, 0.15) is 23.2 Å². The van der Waals surface area contributed by atoms with Gasteiger partial charge in [0.15, 0.2) is 0 Å². The van der Waals surface area contributed by atoms with Crippen LogP contribution in [-0.2, 0) is 4.79 Å². The van der Waals surface area contributed by atoms with E-state index in [2.05, 4.69) is 10.6 Å². The Bertz CT molecular complexity index is 763. The molecule has 1 unspecified atom stereocenters. The van der Waals surface area contributed by atoms with E-state index < -0.39 is 16.9 Å². The Morgan fingerprint density at radius 2 is 1.73 bits per heavy atom. The highest BCUT2D eigenvalue weighted by Gasteiger charge is 2.21. The summed E-state index contributed by atoms with van der Waals surface area (Å²) in [6.45, 7) is 0.391. The molecule has 2 amide bonds. The number of amides is 2. The van der Waals surface area contributed by atoms with Gasteiger partial charge in [0.05, 0.1) is 4.92 Å². The molecule has 0 bridgehead atoms. The number of carbonyl (C=O) groups excluding carboxylic acids is 2. The smallest absolute Gasteiger partial charge is 0.269 e. The van der Waals surface area contributed by atoms with Gasteiger partial charge in [-0.25, -0.2) is 0 Å². The lowest BCUT2D eigenvalue weighted by molar-refractivity contribution is -0.384. The third-order valence-electron chi connectivity index (χ3n) is 3.70. The van der Waals surface area contributed by atoms with Crippen molar-refractivity contribution in [2.45, 2.75) is 18.9 Å². The first-order valence-corrected chi connectivity index (χ1v) is 8.12. The Morgan fingerprint density at radius 1 is 1.08 bits per heavy atom. The summed E-state index contributed by atoms with van der Waals surface area (Å²) in [5, 5.41) is 16.0. The van der Waals surface area contributed by atoms with Crippen LogP contribution in [0, 0.1) is 10.1 Å². The van der Waals surface area contributed by atoms with Gasteiger partial charge in [-0.3, -0.25) is 19.7 Å². The van der Waals surface area contributed by atoms with Crippen molar-refractivity contribution in [2.75, 3.05) is 11.9 Å². The number of nitrogens with two attached hydrogens (primary N) is 1. The highest BCUT2D eigenvalue weighted by atomic mass is 16.6. The van der Waals surface area contributed by atoms with Gasteiger partial charge < -0.3 is 16.4 Å². The molecule has 4 N–H and O–H groups in total. The lowest BCUT2D eigenvalue weighted by atomic mass is 10.1. The first-order valence-electron chi connectivity index (χ1n) is 8.12. The Labute approximate surface area is 150 Å². The summed E-state index contributed by atoms with van der Waals surface area (Å²) in [5.74, 6) is -0.761. The molecule has 0 saturated carbocycles. The fourth-order valence-electron chi connectivity index (χ4n) is 2.32. The molecule has 0 aliphatic carbocycles. The van der Waals surface area contributed by atoms with Crippen molar-refractivity contribution in [3.63, 3.8) is 0 Å². The maximum absolute atomic E-state index is 12.5. The highest BCUT2D eigenvalue weighted by Crippen LogP contribution is 2.16. The minimum Gasteiger partial charge on any atom is -0.340 e. The van der Waals surface area contributed by atoms with Crippen LogP contribution in [0.4, 0.5) is 11.4 Å². The van der Waals surface area contributed by atoms with E-state index in [0.717, 1.165) is 0 Å². The standard InChI is InChI=1S/C18H20N4O4/c19-12-4-7-16(21-17(23)13-5-2-1-3-6-13)18(24)20-14-8-10-15(11-9-14)22(25)26/h1-3,5-6,8-11,16H,4,7,12,19H2,(H,20,24)(H,21,23). The number of benzene rings is 2. The normalized spacial score (nSPS) is 11.4. The van der Waals surface area contributed by atoms with E-state index in [1.807, 2.05) is 0 Å². The van der Waals surface area contributed by atoms with Crippen molar-refractivity contribution >= 4 is 23.2 Å². The van der Waals surface area contributed by atoms with Gasteiger partial charge in [-0.1, -0.05) is 18.2 Å². The fourth-order valence-corrected chi connectivity index (χ4v) is 2.32. The second kappa shape index (κ2) is 9.28. The number of hydrogen-bond donors (Lipinski definition) is 3. The molecule has 0 spiro atoms. The third kappa shape index (κ3) is 5.38. The molecule has 136 valence electrons. The first-order chi connectivity index (χ1) is 12.5. The quantitative estimate of drug-likeness (QED) is 0.493. The van der Waals surface area contributed by atoms with Gasteiger partial charge in [-0.15, -0.1) is 0 Å². The molecule has 2 aromatic carbocycles. The maximum atomic E-state index is 12.5. The summed E-state index contributed by atoms with van der Waals surface area (Å²) in [6, 6.07) is 13.3. The first kappa shape index (κ1) is 19.1. The van der Waals surface area contributed by atoms with Crippen LogP contribution < -0.4 is 16.4 Å². The van der Waals surface area contributed by atoms with Crippen LogP contribution in [0.25, 0.3) is 0 Å². The van der Waals surface area contributed by atoms with Crippen LogP contribution in [0.3, 0.4) is 0 Å². The van der Waals surface area contributed by atoms with Gasteiger partial charge >= 0.3 is 0 Å². The minimum atomic E-state index is -0.763. The molecule has 0 radical (unpaired) electrons. The van der Waals surface area contributed by atoms with E-state index in [1.54, 1.807) is 30.3 Å². The summed E-state index contributed by atoms with van der Waals surface area (Å²) in [5.41, 5.74) is 6.30. The Balaban J connectivity index is 2.06. The number of nitro benzene ring substituents is 1. The van der Waals surface area contributed by atoms with Gasteiger partial charge in [0.25, 0.3) is 11.6 Å². The number of anilines is 1. The number of nitro groups is 1. The van der Waals surface area contributed by atoms with Gasteiger partial charge in [0, 0.05) is 23.4 Å². The zero-order valence-corrected chi connectivity index (χ0v) is 14.1. The molecule has 0 aliphatic heterocycles. The van der Waals surface area contributed by atoms with Crippen molar-refractivity contribution in [3.8, 4) is 0 Å². The molecule has 2 rings (SSSR count). The fraction of sp³-hybridized carbons (Fsp3) is 0.222. The summed E-state index contributed by atoms with van der Waals surface area (Å²) in [7, 11) is 0. The van der Waals surface area contributed by atoms with Crippen LogP contribution >= 0.6 is 0 Å². The number of hydrogen-bond acceptors (Lipinski definition) is 5. The average molecular weight is 356 g/mol. The molecular formula is C18H20N4O4. The molecule has 0 aromatic heterocycles. The van der Waals surface area contributed by atoms with Crippen molar-refractivity contribution in [1.82, 2.24) is 5.32 Å². The Morgan fingerprint density at radius 3 is 2.31 bits per heavy atom. The monoisotopic (exact) mass is 356 g/mol. The van der Waals surface area contributed by atoms with E-state index in [0.29, 0.717) is 30.6 Å². The lowest BCUT2D eigenvalue weighted by Gasteiger charge is -2.18. The largest absolute Gasteiger partial charge is 0.340 e. The number of carbonyl (C=O) groups is 2. The zero-order chi connectivity index (χ0) is 18.9. The van der Waals surface area contributed by atoms with Gasteiger partial charge in [-0.05, 0) is 43.7 Å². The van der Waals surface area contributed by atoms with Crippen molar-refractivity contribution in [2.24, 2.45) is 5.73 Å². The minimum absolute atomic E-state index is 0.0694. The Hall–Kier alpha value is -3.26. The Kier molecular flexibility index (Phi) is 6.81. The van der Waals surface area contributed by atoms with Crippen molar-refractivity contribution < 1.29 is 14.5 Å². The molecule has 0 heterocycles. The molecule has 0 saturated heterocycles. The van der Waals surface area contributed by atoms with E-state index in [9.17, 15) is 19.7 Å². The molecular weight excluding hydrogens is 336 g/mol. The summed E-state index contributed by atoms with van der Waals surface area (Å²) >= 11 is 0. The van der Waals surface area contributed by atoms with Crippen LogP contribution in [-0.4, -0.2) is 29.3 Å². The number of rotatable bonds is 8. The predicted octanol–water partition coefficient (Wildman–Crippen LogP) is 2.07. The number of nitrogens with zero attached hydrogens (tertiary/aromatic N) is 1. The molecule has 0 fully saturated rings. The molecule has 8 heteroatoms. The van der Waals surface area contributed by atoms with Crippen molar-refractivity contribution in [1.29, 1.82) is 0 Å². The molecule has 8 nitrogen and oxygen atoms in total. The lowest BCUT2D eigenvalue weighted by Crippen LogP contribution is -2.44. The summed E-state index contributed by atoms with van der Waals surface area (Å²) < 4.78 is 0. The molecule has 1 atom stereocenters. The van der Waals surface area contributed by atoms with Crippen LogP contribution in [0.2, 0.25) is 0 Å². The van der Waals surface area contributed by atoms with Gasteiger partial charge in [0.1, 0.15) is 6.04 Å². The third-order valence-corrected chi connectivity index (χ3v) is 3.70.